The van der Waals surface area contributed by atoms with Crippen LogP contribution in [0.4, 0.5) is 4.79 Å². The Kier molecular flexibility index (Phi) is 2.81. The van der Waals surface area contributed by atoms with E-state index in [0.29, 0.717) is 6.54 Å². The lowest BCUT2D eigenvalue weighted by molar-refractivity contribution is 0.226. The predicted molar refractivity (Wildman–Crippen MR) is 44.2 cm³/mol. The van der Waals surface area contributed by atoms with Crippen molar-refractivity contribution in [1.29, 1.82) is 0 Å². The molecule has 0 aromatic heterocycles. The van der Waals surface area contributed by atoms with Gasteiger partial charge in [0.2, 0.25) is 0 Å². The van der Waals surface area contributed by atoms with Crippen molar-refractivity contribution in [1.82, 2.24) is 4.90 Å². The maximum Gasteiger partial charge on any atom is 0.281 e. The second-order valence-corrected chi connectivity index (χ2v) is 3.25. The molecule has 10 heavy (non-hydrogen) atoms. The highest BCUT2D eigenvalue weighted by molar-refractivity contribution is 8.13. The van der Waals surface area contributed by atoms with Crippen LogP contribution in [0.1, 0.15) is 6.42 Å². The molecule has 1 aliphatic heterocycles. The van der Waals surface area contributed by atoms with E-state index in [-0.39, 0.29) is 5.24 Å². The van der Waals surface area contributed by atoms with E-state index in [4.69, 9.17) is 0 Å². The van der Waals surface area contributed by atoms with Gasteiger partial charge >= 0.3 is 0 Å². The van der Waals surface area contributed by atoms with Crippen molar-refractivity contribution in [3.63, 3.8) is 0 Å². The topological polar surface area (TPSA) is 20.3 Å². The number of carbonyl (C=O) groups excluding carboxylic acids is 1. The van der Waals surface area contributed by atoms with Crippen molar-refractivity contribution in [2.75, 3.05) is 18.8 Å². The van der Waals surface area contributed by atoms with Gasteiger partial charge in [0.15, 0.2) is 0 Å². The Morgan fingerprint density at radius 2 is 2.60 bits per heavy atom. The Labute approximate surface area is 65.3 Å². The highest BCUT2D eigenvalue weighted by Gasteiger charge is 2.16. The van der Waals surface area contributed by atoms with Crippen LogP contribution in [0.2, 0.25) is 0 Å². The summed E-state index contributed by atoms with van der Waals surface area (Å²) in [5, 5.41) is 0.200. The second kappa shape index (κ2) is 3.66. The minimum absolute atomic E-state index is 0.200. The quantitative estimate of drug-likeness (QED) is 0.569. The van der Waals surface area contributed by atoms with Gasteiger partial charge in [0.1, 0.15) is 0 Å². The van der Waals surface area contributed by atoms with Gasteiger partial charge in [0.25, 0.3) is 5.24 Å². The highest BCUT2D eigenvalue weighted by atomic mass is 32.2. The predicted octanol–water partition coefficient (Wildman–Crippen LogP) is 1.73. The summed E-state index contributed by atoms with van der Waals surface area (Å²) in [4.78, 5) is 12.8. The molecule has 2 nitrogen and oxygen atoms in total. The van der Waals surface area contributed by atoms with Crippen molar-refractivity contribution in [3.05, 3.63) is 12.7 Å². The van der Waals surface area contributed by atoms with E-state index in [9.17, 15) is 4.79 Å². The van der Waals surface area contributed by atoms with Crippen LogP contribution in [0.15, 0.2) is 12.7 Å². The standard InChI is InChI=1S/C7H11NOS/c1-2-4-8-5-3-6-10-7(8)9/h2H,1,3-6H2. The fourth-order valence-corrected chi connectivity index (χ4v) is 1.72. The molecular formula is C7H11NOS. The summed E-state index contributed by atoms with van der Waals surface area (Å²) in [5.74, 6) is 0.979. The lowest BCUT2D eigenvalue weighted by Gasteiger charge is -2.24. The van der Waals surface area contributed by atoms with Gasteiger partial charge in [-0.05, 0) is 6.42 Å². The number of thioether (sulfide) groups is 1. The Hall–Kier alpha value is -0.440. The Bertz CT molecular complexity index is 147. The van der Waals surface area contributed by atoms with Gasteiger partial charge < -0.3 is 4.90 Å². The van der Waals surface area contributed by atoms with Gasteiger partial charge in [-0.25, -0.2) is 0 Å². The fourth-order valence-electron chi connectivity index (χ4n) is 0.919. The summed E-state index contributed by atoms with van der Waals surface area (Å²) in [6, 6.07) is 0. The summed E-state index contributed by atoms with van der Waals surface area (Å²) in [6.45, 7) is 5.19. The van der Waals surface area contributed by atoms with Crippen LogP contribution in [-0.4, -0.2) is 29.0 Å². The molecule has 0 aliphatic carbocycles. The van der Waals surface area contributed by atoms with Crippen LogP contribution >= 0.6 is 11.8 Å². The molecule has 1 aliphatic rings. The monoisotopic (exact) mass is 157 g/mol. The molecule has 1 saturated heterocycles. The number of hydrogen-bond donors (Lipinski definition) is 0. The minimum atomic E-state index is 0.200. The number of amides is 1. The highest BCUT2D eigenvalue weighted by Crippen LogP contribution is 2.16. The largest absolute Gasteiger partial charge is 0.330 e. The number of hydrogen-bond acceptors (Lipinski definition) is 2. The van der Waals surface area contributed by atoms with Crippen LogP contribution in [0.5, 0.6) is 0 Å². The van der Waals surface area contributed by atoms with Crippen molar-refractivity contribution < 1.29 is 4.79 Å². The van der Waals surface area contributed by atoms with E-state index in [1.54, 1.807) is 6.08 Å². The normalized spacial score (nSPS) is 19.2. The molecule has 1 rings (SSSR count). The molecule has 0 atom stereocenters. The first-order valence-electron chi connectivity index (χ1n) is 3.37. The van der Waals surface area contributed by atoms with E-state index < -0.39 is 0 Å². The molecule has 0 N–H and O–H groups in total. The molecule has 0 radical (unpaired) electrons. The van der Waals surface area contributed by atoms with Gasteiger partial charge in [-0.15, -0.1) is 6.58 Å². The first kappa shape index (κ1) is 7.66. The summed E-state index contributed by atoms with van der Waals surface area (Å²) in [7, 11) is 0. The van der Waals surface area contributed by atoms with Crippen molar-refractivity contribution in [3.8, 4) is 0 Å². The SMILES string of the molecule is C=CCN1CCCSC1=O. The lowest BCUT2D eigenvalue weighted by atomic mass is 10.4. The van der Waals surface area contributed by atoms with E-state index in [2.05, 4.69) is 6.58 Å². The molecule has 1 fully saturated rings. The van der Waals surface area contributed by atoms with Gasteiger partial charge in [0, 0.05) is 18.8 Å². The molecule has 0 aromatic rings. The fraction of sp³-hybridized carbons (Fsp3) is 0.571. The van der Waals surface area contributed by atoms with E-state index in [1.807, 2.05) is 4.90 Å². The zero-order valence-corrected chi connectivity index (χ0v) is 6.69. The first-order valence-corrected chi connectivity index (χ1v) is 4.36. The van der Waals surface area contributed by atoms with Crippen molar-refractivity contribution in [2.45, 2.75) is 6.42 Å². The third kappa shape index (κ3) is 1.77. The molecule has 3 heteroatoms. The average molecular weight is 157 g/mol. The lowest BCUT2D eigenvalue weighted by Crippen LogP contribution is -2.32. The zero-order chi connectivity index (χ0) is 7.40. The van der Waals surface area contributed by atoms with Gasteiger partial charge in [-0.2, -0.15) is 0 Å². The Morgan fingerprint density at radius 3 is 3.20 bits per heavy atom. The number of nitrogens with zero attached hydrogens (tertiary/aromatic N) is 1. The van der Waals surface area contributed by atoms with Crippen LogP contribution in [0, 0.1) is 0 Å². The average Bonchev–Trinajstić information content (AvgIpc) is 1.94. The molecule has 0 aromatic carbocycles. The van der Waals surface area contributed by atoms with Crippen LogP contribution in [0.3, 0.4) is 0 Å². The van der Waals surface area contributed by atoms with Crippen molar-refractivity contribution >= 4 is 17.0 Å². The van der Waals surface area contributed by atoms with Gasteiger partial charge in [0.05, 0.1) is 0 Å². The molecule has 0 spiro atoms. The Balaban J connectivity index is 2.39. The molecule has 0 saturated carbocycles. The van der Waals surface area contributed by atoms with Crippen LogP contribution in [-0.2, 0) is 0 Å². The summed E-state index contributed by atoms with van der Waals surface area (Å²) >= 11 is 1.41. The number of carbonyl (C=O) groups is 1. The van der Waals surface area contributed by atoms with Crippen LogP contribution in [0.25, 0.3) is 0 Å². The maximum atomic E-state index is 11.0. The molecule has 56 valence electrons. The Morgan fingerprint density at radius 1 is 1.80 bits per heavy atom. The third-order valence-electron chi connectivity index (χ3n) is 1.41. The summed E-state index contributed by atoms with van der Waals surface area (Å²) in [5.41, 5.74) is 0. The van der Waals surface area contributed by atoms with Gasteiger partial charge in [-0.3, -0.25) is 4.79 Å². The molecule has 1 heterocycles. The number of rotatable bonds is 2. The van der Waals surface area contributed by atoms with E-state index in [0.717, 1.165) is 18.7 Å². The molecule has 1 amide bonds. The minimum Gasteiger partial charge on any atom is -0.330 e. The third-order valence-corrected chi connectivity index (χ3v) is 2.40. The van der Waals surface area contributed by atoms with Crippen LogP contribution < -0.4 is 0 Å². The van der Waals surface area contributed by atoms with E-state index >= 15 is 0 Å². The molecular weight excluding hydrogens is 146 g/mol. The maximum absolute atomic E-state index is 11.0. The first-order chi connectivity index (χ1) is 4.84. The second-order valence-electron chi connectivity index (χ2n) is 2.20. The van der Waals surface area contributed by atoms with Gasteiger partial charge in [-0.1, -0.05) is 17.8 Å². The van der Waals surface area contributed by atoms with E-state index in [1.165, 1.54) is 11.8 Å². The van der Waals surface area contributed by atoms with Crippen molar-refractivity contribution in [2.24, 2.45) is 0 Å². The zero-order valence-electron chi connectivity index (χ0n) is 5.88. The summed E-state index contributed by atoms with van der Waals surface area (Å²) < 4.78 is 0. The molecule has 0 bridgehead atoms. The summed E-state index contributed by atoms with van der Waals surface area (Å²) in [6.07, 6.45) is 2.88. The molecule has 0 unspecified atom stereocenters. The smallest absolute Gasteiger partial charge is 0.281 e.